The number of nitrogens with one attached hydrogen (secondary N) is 1. The van der Waals surface area contributed by atoms with Crippen LogP contribution in [0.5, 0.6) is 0 Å². The van der Waals surface area contributed by atoms with E-state index >= 15 is 0 Å². The van der Waals surface area contributed by atoms with E-state index in [9.17, 15) is 4.79 Å². The Hall–Kier alpha value is -2.44. The van der Waals surface area contributed by atoms with Crippen LogP contribution in [0.3, 0.4) is 0 Å². The highest BCUT2D eigenvalue weighted by Gasteiger charge is 2.18. The largest absolute Gasteiger partial charge is 0.476 e. The van der Waals surface area contributed by atoms with Gasteiger partial charge in [-0.3, -0.25) is 5.10 Å². The Balaban J connectivity index is 2.09. The number of anilines is 1. The molecule has 0 unspecified atom stereocenters. The van der Waals surface area contributed by atoms with Crippen LogP contribution < -0.4 is 4.90 Å². The molecule has 0 aliphatic rings. The molecule has 2 heterocycles. The summed E-state index contributed by atoms with van der Waals surface area (Å²) >= 11 is 0. The molecule has 0 spiro atoms. The second kappa shape index (κ2) is 5.51. The summed E-state index contributed by atoms with van der Waals surface area (Å²) in [4.78, 5) is 20.6. The van der Waals surface area contributed by atoms with Gasteiger partial charge < -0.3 is 10.0 Å². The van der Waals surface area contributed by atoms with E-state index in [1.54, 1.807) is 0 Å². The van der Waals surface area contributed by atoms with Gasteiger partial charge in [-0.05, 0) is 6.07 Å². The predicted octanol–water partition coefficient (Wildman–Crippen LogP) is 1.83. The van der Waals surface area contributed by atoms with Crippen molar-refractivity contribution in [3.05, 3.63) is 35.5 Å². The minimum atomic E-state index is -1.08. The lowest BCUT2D eigenvalue weighted by Gasteiger charge is -2.16. The van der Waals surface area contributed by atoms with Crippen LogP contribution >= 0.6 is 0 Å². The molecule has 0 aliphatic heterocycles. The average molecular weight is 289 g/mol. The molecule has 0 radical (unpaired) electrons. The van der Waals surface area contributed by atoms with Crippen molar-refractivity contribution in [1.29, 1.82) is 0 Å². The van der Waals surface area contributed by atoms with Gasteiger partial charge in [-0.1, -0.05) is 20.8 Å². The zero-order valence-corrected chi connectivity index (χ0v) is 12.6. The zero-order chi connectivity index (χ0) is 15.6. The first-order valence-electron chi connectivity index (χ1n) is 6.58. The van der Waals surface area contributed by atoms with Gasteiger partial charge in [-0.25, -0.2) is 14.8 Å². The minimum absolute atomic E-state index is 0.00371. The molecule has 0 saturated heterocycles. The standard InChI is InChI=1S/C14H19N5O2/c1-14(2,3)11-5-9(17-18-11)8-19(4)12-7-15-10(6-16-12)13(20)21/h5-7H,8H2,1-4H3,(H,17,18)(H,20,21). The summed E-state index contributed by atoms with van der Waals surface area (Å²) in [6.07, 6.45) is 2.70. The van der Waals surface area contributed by atoms with Crippen LogP contribution in [-0.4, -0.2) is 38.3 Å². The molecule has 2 N–H and O–H groups in total. The fraction of sp³-hybridized carbons (Fsp3) is 0.429. The Morgan fingerprint density at radius 1 is 1.33 bits per heavy atom. The van der Waals surface area contributed by atoms with E-state index in [1.807, 2.05) is 18.0 Å². The van der Waals surface area contributed by atoms with Crippen LogP contribution in [0.4, 0.5) is 5.82 Å². The van der Waals surface area contributed by atoms with Crippen molar-refractivity contribution < 1.29 is 9.90 Å². The molecule has 0 bridgehead atoms. The van der Waals surface area contributed by atoms with Crippen LogP contribution in [0.2, 0.25) is 0 Å². The number of carbonyl (C=O) groups is 1. The molecule has 0 aliphatic carbocycles. The maximum atomic E-state index is 10.7. The Bertz CT molecular complexity index is 628. The van der Waals surface area contributed by atoms with E-state index in [-0.39, 0.29) is 11.1 Å². The highest BCUT2D eigenvalue weighted by atomic mass is 16.4. The lowest BCUT2D eigenvalue weighted by molar-refractivity contribution is 0.0690. The number of carboxylic acids is 1. The third-order valence-corrected chi connectivity index (χ3v) is 3.06. The zero-order valence-electron chi connectivity index (χ0n) is 12.6. The Kier molecular flexibility index (Phi) is 3.93. The summed E-state index contributed by atoms with van der Waals surface area (Å²) in [5.74, 6) is -0.480. The highest BCUT2D eigenvalue weighted by Crippen LogP contribution is 2.21. The highest BCUT2D eigenvalue weighted by molar-refractivity contribution is 5.84. The SMILES string of the molecule is CN(Cc1cc(C(C)(C)C)n[nH]1)c1cnc(C(=O)O)cn1. The van der Waals surface area contributed by atoms with Gasteiger partial charge in [-0.2, -0.15) is 5.10 Å². The number of H-pyrrole nitrogens is 1. The van der Waals surface area contributed by atoms with Gasteiger partial charge >= 0.3 is 5.97 Å². The van der Waals surface area contributed by atoms with Crippen LogP contribution in [0.15, 0.2) is 18.5 Å². The van der Waals surface area contributed by atoms with E-state index in [2.05, 4.69) is 40.9 Å². The van der Waals surface area contributed by atoms with Crippen molar-refractivity contribution in [1.82, 2.24) is 20.2 Å². The molecule has 7 nitrogen and oxygen atoms in total. The van der Waals surface area contributed by atoms with E-state index in [1.165, 1.54) is 12.4 Å². The van der Waals surface area contributed by atoms with Gasteiger partial charge in [0, 0.05) is 12.5 Å². The van der Waals surface area contributed by atoms with Crippen molar-refractivity contribution in [3.63, 3.8) is 0 Å². The van der Waals surface area contributed by atoms with Crippen molar-refractivity contribution in [2.75, 3.05) is 11.9 Å². The van der Waals surface area contributed by atoms with Gasteiger partial charge in [0.25, 0.3) is 0 Å². The van der Waals surface area contributed by atoms with Crippen LogP contribution in [-0.2, 0) is 12.0 Å². The number of aromatic amines is 1. The molecule has 2 aromatic heterocycles. The molecule has 7 heteroatoms. The smallest absolute Gasteiger partial charge is 0.356 e. The summed E-state index contributed by atoms with van der Waals surface area (Å²) in [5, 5.41) is 16.1. The quantitative estimate of drug-likeness (QED) is 0.891. The molecule has 21 heavy (non-hydrogen) atoms. The lowest BCUT2D eigenvalue weighted by atomic mass is 9.92. The number of rotatable bonds is 4. The molecule has 0 amide bonds. The second-order valence-corrected chi connectivity index (χ2v) is 5.95. The number of aromatic nitrogens is 4. The van der Waals surface area contributed by atoms with Crippen LogP contribution in [0.1, 0.15) is 42.6 Å². The number of nitrogens with zero attached hydrogens (tertiary/aromatic N) is 4. The van der Waals surface area contributed by atoms with Crippen molar-refractivity contribution in [2.45, 2.75) is 32.7 Å². The summed E-state index contributed by atoms with van der Waals surface area (Å²) in [6, 6.07) is 2.02. The third-order valence-electron chi connectivity index (χ3n) is 3.06. The second-order valence-electron chi connectivity index (χ2n) is 5.95. The van der Waals surface area contributed by atoms with Crippen LogP contribution in [0.25, 0.3) is 0 Å². The number of carboxylic acid groups (broad SMARTS) is 1. The molecular formula is C14H19N5O2. The van der Waals surface area contributed by atoms with E-state index in [4.69, 9.17) is 5.11 Å². The first-order valence-corrected chi connectivity index (χ1v) is 6.58. The third kappa shape index (κ3) is 3.56. The van der Waals surface area contributed by atoms with E-state index in [0.717, 1.165) is 11.4 Å². The normalized spacial score (nSPS) is 11.4. The molecule has 2 rings (SSSR count). The predicted molar refractivity (Wildman–Crippen MR) is 78.4 cm³/mol. The maximum absolute atomic E-state index is 10.7. The maximum Gasteiger partial charge on any atom is 0.356 e. The van der Waals surface area contributed by atoms with Gasteiger partial charge in [-0.15, -0.1) is 0 Å². The van der Waals surface area contributed by atoms with Crippen molar-refractivity contribution in [3.8, 4) is 0 Å². The molecule has 0 fully saturated rings. The lowest BCUT2D eigenvalue weighted by Crippen LogP contribution is -2.18. The minimum Gasteiger partial charge on any atom is -0.476 e. The monoisotopic (exact) mass is 289 g/mol. The number of hydrogen-bond acceptors (Lipinski definition) is 5. The molecule has 112 valence electrons. The number of aromatic carboxylic acids is 1. The van der Waals surface area contributed by atoms with E-state index < -0.39 is 5.97 Å². The summed E-state index contributed by atoms with van der Waals surface area (Å²) < 4.78 is 0. The fourth-order valence-electron chi connectivity index (χ4n) is 1.79. The first-order chi connectivity index (χ1) is 9.77. The van der Waals surface area contributed by atoms with Gasteiger partial charge in [0.1, 0.15) is 5.82 Å². The van der Waals surface area contributed by atoms with Gasteiger partial charge in [0.05, 0.1) is 30.3 Å². The Morgan fingerprint density at radius 2 is 2.05 bits per heavy atom. The van der Waals surface area contributed by atoms with Crippen molar-refractivity contribution in [2.24, 2.45) is 0 Å². The molecule has 0 aromatic carbocycles. The average Bonchev–Trinajstić information content (AvgIpc) is 2.87. The van der Waals surface area contributed by atoms with Crippen LogP contribution in [0, 0.1) is 0 Å². The molecule has 2 aromatic rings. The Labute approximate surface area is 123 Å². The molecular weight excluding hydrogens is 270 g/mol. The van der Waals surface area contributed by atoms with E-state index in [0.29, 0.717) is 12.4 Å². The summed E-state index contributed by atoms with van der Waals surface area (Å²) in [6.45, 7) is 6.90. The number of hydrogen-bond donors (Lipinski definition) is 2. The fourth-order valence-corrected chi connectivity index (χ4v) is 1.79. The molecule has 0 saturated carbocycles. The van der Waals surface area contributed by atoms with Gasteiger partial charge in [0.15, 0.2) is 5.69 Å². The summed E-state index contributed by atoms with van der Waals surface area (Å²) in [7, 11) is 1.86. The van der Waals surface area contributed by atoms with Crippen molar-refractivity contribution >= 4 is 11.8 Å². The summed E-state index contributed by atoms with van der Waals surface area (Å²) in [5.41, 5.74) is 1.89. The first kappa shape index (κ1) is 15.0. The molecule has 0 atom stereocenters. The Morgan fingerprint density at radius 3 is 2.52 bits per heavy atom. The van der Waals surface area contributed by atoms with Gasteiger partial charge in [0.2, 0.25) is 0 Å². The topological polar surface area (TPSA) is 95.0 Å².